The molecule has 0 amide bonds. The third-order valence-electron chi connectivity index (χ3n) is 3.83. The number of nitrogens with zero attached hydrogens (tertiary/aromatic N) is 1. The van der Waals surface area contributed by atoms with Gasteiger partial charge in [0.05, 0.1) is 0 Å². The van der Waals surface area contributed by atoms with Gasteiger partial charge in [-0.15, -0.1) is 0 Å². The molecule has 0 radical (unpaired) electrons. The first-order valence-electron chi connectivity index (χ1n) is 7.01. The monoisotopic (exact) mass is 310 g/mol. The van der Waals surface area contributed by atoms with Gasteiger partial charge >= 0.3 is 0 Å². The van der Waals surface area contributed by atoms with Gasteiger partial charge in [0.25, 0.3) is 0 Å². The highest BCUT2D eigenvalue weighted by Gasteiger charge is 2.23. The van der Waals surface area contributed by atoms with E-state index in [1.165, 1.54) is 49.9 Å². The molecule has 2 rings (SSSR count). The van der Waals surface area contributed by atoms with Gasteiger partial charge in [-0.05, 0) is 43.4 Å². The summed E-state index contributed by atoms with van der Waals surface area (Å²) in [6.07, 6.45) is 6.54. The summed E-state index contributed by atoms with van der Waals surface area (Å²) < 4.78 is 1.15. The largest absolute Gasteiger partial charge is 0.368 e. The molecule has 1 fully saturated rings. The zero-order valence-electron chi connectivity index (χ0n) is 11.2. The van der Waals surface area contributed by atoms with E-state index in [1.807, 2.05) is 0 Å². The van der Waals surface area contributed by atoms with Crippen LogP contribution in [0.4, 0.5) is 5.69 Å². The Morgan fingerprint density at radius 3 is 2.94 bits per heavy atom. The van der Waals surface area contributed by atoms with E-state index in [-0.39, 0.29) is 0 Å². The molecule has 1 aliphatic rings. The molecule has 0 bridgehead atoms. The number of benzene rings is 1. The van der Waals surface area contributed by atoms with Crippen LogP contribution < -0.4 is 10.6 Å². The fourth-order valence-corrected chi connectivity index (χ4v) is 3.28. The molecule has 0 spiro atoms. The number of nitrogens with two attached hydrogens (primary N) is 1. The summed E-state index contributed by atoms with van der Waals surface area (Å²) in [5, 5.41) is 0. The predicted molar refractivity (Wildman–Crippen MR) is 81.9 cm³/mol. The lowest BCUT2D eigenvalue weighted by atomic mass is 9.96. The van der Waals surface area contributed by atoms with Gasteiger partial charge in [-0.2, -0.15) is 0 Å². The molecule has 0 aliphatic carbocycles. The fourth-order valence-electron chi connectivity index (χ4n) is 2.93. The minimum atomic E-state index is 0.623. The molecule has 3 heteroatoms. The topological polar surface area (TPSA) is 29.3 Å². The molecule has 2 nitrogen and oxygen atoms in total. The Balaban J connectivity index is 2.29. The maximum Gasteiger partial charge on any atom is 0.0425 e. The van der Waals surface area contributed by atoms with Crippen molar-refractivity contribution in [2.75, 3.05) is 11.4 Å². The van der Waals surface area contributed by atoms with Crippen LogP contribution in [0, 0.1) is 0 Å². The van der Waals surface area contributed by atoms with Gasteiger partial charge in [-0.25, -0.2) is 0 Å². The average Bonchev–Trinajstić information content (AvgIpc) is 2.40. The minimum Gasteiger partial charge on any atom is -0.368 e. The van der Waals surface area contributed by atoms with Gasteiger partial charge in [0.2, 0.25) is 0 Å². The summed E-state index contributed by atoms with van der Waals surface area (Å²) >= 11 is 3.58. The highest BCUT2D eigenvalue weighted by Crippen LogP contribution is 2.32. The normalized spacial score (nSPS) is 20.2. The first-order valence-corrected chi connectivity index (χ1v) is 7.80. The summed E-state index contributed by atoms with van der Waals surface area (Å²) in [7, 11) is 0. The van der Waals surface area contributed by atoms with Crippen LogP contribution in [0.15, 0.2) is 22.7 Å². The lowest BCUT2D eigenvalue weighted by Gasteiger charge is -2.39. The molecular weight excluding hydrogens is 288 g/mol. The van der Waals surface area contributed by atoms with Gasteiger partial charge < -0.3 is 10.6 Å². The fraction of sp³-hybridized carbons (Fsp3) is 0.600. The van der Waals surface area contributed by atoms with E-state index >= 15 is 0 Å². The molecule has 0 aromatic heterocycles. The van der Waals surface area contributed by atoms with Crippen molar-refractivity contribution in [1.82, 2.24) is 0 Å². The maximum atomic E-state index is 5.88. The maximum absolute atomic E-state index is 5.88. The highest BCUT2D eigenvalue weighted by molar-refractivity contribution is 9.10. The molecule has 0 saturated carbocycles. The summed E-state index contributed by atoms with van der Waals surface area (Å²) in [6, 6.07) is 7.17. The van der Waals surface area contributed by atoms with E-state index in [9.17, 15) is 0 Å². The van der Waals surface area contributed by atoms with Gasteiger partial charge in [0.15, 0.2) is 0 Å². The smallest absolute Gasteiger partial charge is 0.0425 e. The molecular formula is C15H23BrN2. The van der Waals surface area contributed by atoms with Crippen LogP contribution in [0.5, 0.6) is 0 Å². The molecule has 1 heterocycles. The zero-order chi connectivity index (χ0) is 13.0. The second kappa shape index (κ2) is 6.58. The molecule has 1 unspecified atom stereocenters. The number of hydrogen-bond donors (Lipinski definition) is 1. The van der Waals surface area contributed by atoms with Crippen LogP contribution in [0.3, 0.4) is 0 Å². The van der Waals surface area contributed by atoms with E-state index < -0.39 is 0 Å². The van der Waals surface area contributed by atoms with E-state index in [0.29, 0.717) is 12.6 Å². The van der Waals surface area contributed by atoms with Crippen molar-refractivity contribution in [2.45, 2.75) is 51.6 Å². The summed E-state index contributed by atoms with van der Waals surface area (Å²) in [5.74, 6) is 0. The van der Waals surface area contributed by atoms with Crippen molar-refractivity contribution in [2.24, 2.45) is 5.73 Å². The lowest BCUT2D eigenvalue weighted by molar-refractivity contribution is 0.434. The second-order valence-corrected chi connectivity index (χ2v) is 6.02. The molecule has 100 valence electrons. The molecule has 1 saturated heterocycles. The van der Waals surface area contributed by atoms with E-state index in [4.69, 9.17) is 5.73 Å². The minimum absolute atomic E-state index is 0.623. The predicted octanol–water partition coefficient (Wildman–Crippen LogP) is 4.07. The summed E-state index contributed by atoms with van der Waals surface area (Å²) in [4.78, 5) is 2.58. The zero-order valence-corrected chi connectivity index (χ0v) is 12.7. The number of rotatable bonds is 4. The number of anilines is 1. The second-order valence-electron chi connectivity index (χ2n) is 5.11. The first-order chi connectivity index (χ1) is 8.76. The Morgan fingerprint density at radius 2 is 2.22 bits per heavy atom. The van der Waals surface area contributed by atoms with Crippen molar-refractivity contribution >= 4 is 21.6 Å². The Bertz CT molecular complexity index is 390. The summed E-state index contributed by atoms with van der Waals surface area (Å²) in [5.41, 5.74) is 8.49. The number of piperidine rings is 1. The van der Waals surface area contributed by atoms with Crippen LogP contribution in [0.1, 0.15) is 44.6 Å². The Kier molecular flexibility index (Phi) is 5.07. The van der Waals surface area contributed by atoms with Crippen LogP contribution in [0.25, 0.3) is 0 Å². The van der Waals surface area contributed by atoms with Crippen LogP contribution >= 0.6 is 15.9 Å². The van der Waals surface area contributed by atoms with Crippen molar-refractivity contribution in [1.29, 1.82) is 0 Å². The molecule has 1 aliphatic heterocycles. The lowest BCUT2D eigenvalue weighted by Crippen LogP contribution is -2.40. The van der Waals surface area contributed by atoms with Crippen LogP contribution in [-0.2, 0) is 6.54 Å². The Morgan fingerprint density at radius 1 is 1.39 bits per heavy atom. The third kappa shape index (κ3) is 3.07. The van der Waals surface area contributed by atoms with Crippen molar-refractivity contribution in [3.05, 3.63) is 28.2 Å². The molecule has 1 atom stereocenters. The van der Waals surface area contributed by atoms with Crippen LogP contribution in [-0.4, -0.2) is 12.6 Å². The summed E-state index contributed by atoms with van der Waals surface area (Å²) in [6.45, 7) is 4.07. The highest BCUT2D eigenvalue weighted by atomic mass is 79.9. The van der Waals surface area contributed by atoms with Crippen molar-refractivity contribution < 1.29 is 0 Å². The molecule has 2 N–H and O–H groups in total. The standard InChI is InChI=1S/C15H23BrN2/c1-2-5-14-6-3-4-9-18(14)15-10-13(16)8-7-12(15)11-17/h7-8,10,14H,2-6,9,11,17H2,1H3. The molecule has 18 heavy (non-hydrogen) atoms. The Hall–Kier alpha value is -0.540. The van der Waals surface area contributed by atoms with Crippen molar-refractivity contribution in [3.63, 3.8) is 0 Å². The SMILES string of the molecule is CCCC1CCCCN1c1cc(Br)ccc1CN. The van der Waals surface area contributed by atoms with E-state index in [2.05, 4.69) is 46.0 Å². The van der Waals surface area contributed by atoms with E-state index in [1.54, 1.807) is 0 Å². The third-order valence-corrected chi connectivity index (χ3v) is 4.32. The van der Waals surface area contributed by atoms with Gasteiger partial charge in [0.1, 0.15) is 0 Å². The molecule has 1 aromatic carbocycles. The van der Waals surface area contributed by atoms with Gasteiger partial charge in [0, 0.05) is 29.3 Å². The van der Waals surface area contributed by atoms with E-state index in [0.717, 1.165) is 4.47 Å². The average molecular weight is 311 g/mol. The van der Waals surface area contributed by atoms with Gasteiger partial charge in [-0.1, -0.05) is 35.3 Å². The van der Waals surface area contributed by atoms with Crippen LogP contribution in [0.2, 0.25) is 0 Å². The molecule has 1 aromatic rings. The quantitative estimate of drug-likeness (QED) is 0.908. The number of halogens is 1. The van der Waals surface area contributed by atoms with Crippen molar-refractivity contribution in [3.8, 4) is 0 Å². The Labute approximate surface area is 119 Å². The first kappa shape index (κ1) is 13.9. The van der Waals surface area contributed by atoms with Gasteiger partial charge in [-0.3, -0.25) is 0 Å². The number of hydrogen-bond acceptors (Lipinski definition) is 2.